The van der Waals surface area contributed by atoms with E-state index in [4.69, 9.17) is 9.15 Å². The number of methoxy groups -OCH3 is 1. The van der Waals surface area contributed by atoms with Gasteiger partial charge in [-0.2, -0.15) is 0 Å². The molecule has 2 aromatic carbocycles. The Balaban J connectivity index is 1.75. The molecule has 0 bridgehead atoms. The van der Waals surface area contributed by atoms with E-state index in [1.165, 1.54) is 7.11 Å². The molecule has 5 nitrogen and oxygen atoms in total. The van der Waals surface area contributed by atoms with Gasteiger partial charge in [-0.3, -0.25) is 0 Å². The number of aryl methyl sites for hydroxylation is 1. The normalized spacial score (nSPS) is 10.6. The lowest BCUT2D eigenvalue weighted by Crippen LogP contribution is -2.07. The van der Waals surface area contributed by atoms with Crippen LogP contribution in [0, 0.1) is 6.92 Å². The zero-order valence-corrected chi connectivity index (χ0v) is 13.4. The van der Waals surface area contributed by atoms with Gasteiger partial charge in [-0.15, -0.1) is 0 Å². The minimum absolute atomic E-state index is 0.0418. The molecule has 5 heteroatoms. The van der Waals surface area contributed by atoms with E-state index in [0.717, 1.165) is 10.9 Å². The van der Waals surface area contributed by atoms with Gasteiger partial charge in [-0.25, -0.2) is 9.59 Å². The van der Waals surface area contributed by atoms with Crippen LogP contribution in [0.3, 0.4) is 0 Å². The highest BCUT2D eigenvalue weighted by atomic mass is 16.5. The van der Waals surface area contributed by atoms with Gasteiger partial charge in [0.2, 0.25) is 5.76 Å². The lowest BCUT2D eigenvalue weighted by molar-refractivity contribution is 0.0437. The van der Waals surface area contributed by atoms with Gasteiger partial charge in [0, 0.05) is 10.9 Å². The van der Waals surface area contributed by atoms with Gasteiger partial charge in [0.25, 0.3) is 0 Å². The van der Waals surface area contributed by atoms with Crippen molar-refractivity contribution in [3.05, 3.63) is 71.0 Å². The second-order valence-corrected chi connectivity index (χ2v) is 5.32. The largest absolute Gasteiger partial charge is 0.465 e. The third-order valence-electron chi connectivity index (χ3n) is 3.75. The maximum atomic E-state index is 12.3. The van der Waals surface area contributed by atoms with Crippen LogP contribution in [0.1, 0.15) is 32.0 Å². The molecular formula is C19H16O5. The lowest BCUT2D eigenvalue weighted by atomic mass is 10.1. The predicted octanol–water partition coefficient (Wildman–Crippen LogP) is 3.88. The summed E-state index contributed by atoms with van der Waals surface area (Å²) >= 11 is 0. The molecule has 122 valence electrons. The van der Waals surface area contributed by atoms with Crippen LogP contribution in [0.15, 0.2) is 52.9 Å². The average Bonchev–Trinajstić information content (AvgIpc) is 2.96. The van der Waals surface area contributed by atoms with Gasteiger partial charge in [0.15, 0.2) is 0 Å². The Labute approximate surface area is 138 Å². The Kier molecular flexibility index (Phi) is 4.33. The molecule has 0 fully saturated rings. The van der Waals surface area contributed by atoms with E-state index < -0.39 is 11.9 Å². The van der Waals surface area contributed by atoms with E-state index in [-0.39, 0.29) is 12.4 Å². The molecule has 24 heavy (non-hydrogen) atoms. The van der Waals surface area contributed by atoms with E-state index in [1.54, 1.807) is 30.3 Å². The number of hydrogen-bond acceptors (Lipinski definition) is 5. The van der Waals surface area contributed by atoms with Gasteiger partial charge < -0.3 is 13.9 Å². The summed E-state index contributed by atoms with van der Waals surface area (Å²) in [6.45, 7) is 1.86. The molecule has 0 unspecified atom stereocenters. The highest BCUT2D eigenvalue weighted by molar-refractivity contribution is 5.95. The molecule has 1 heterocycles. The first kappa shape index (κ1) is 15.8. The van der Waals surface area contributed by atoms with Gasteiger partial charge in [-0.1, -0.05) is 30.3 Å². The second-order valence-electron chi connectivity index (χ2n) is 5.32. The van der Waals surface area contributed by atoms with Crippen LogP contribution in [0.2, 0.25) is 0 Å². The third-order valence-corrected chi connectivity index (χ3v) is 3.75. The Bertz CT molecular complexity index is 907. The van der Waals surface area contributed by atoms with Crippen LogP contribution in [0.25, 0.3) is 11.0 Å². The Morgan fingerprint density at radius 1 is 1.04 bits per heavy atom. The Morgan fingerprint density at radius 3 is 2.58 bits per heavy atom. The number of carbonyl (C=O) groups is 2. The molecule has 0 saturated heterocycles. The molecule has 0 radical (unpaired) electrons. The first-order chi connectivity index (χ1) is 11.6. The number of esters is 2. The van der Waals surface area contributed by atoms with Crippen LogP contribution in [0.5, 0.6) is 0 Å². The van der Waals surface area contributed by atoms with Crippen LogP contribution >= 0.6 is 0 Å². The maximum absolute atomic E-state index is 12.3. The van der Waals surface area contributed by atoms with Gasteiger partial charge in [0.05, 0.1) is 12.7 Å². The van der Waals surface area contributed by atoms with E-state index in [1.807, 2.05) is 25.1 Å². The van der Waals surface area contributed by atoms with Gasteiger partial charge >= 0.3 is 11.9 Å². The number of para-hydroxylation sites is 1. The molecule has 0 atom stereocenters. The summed E-state index contributed by atoms with van der Waals surface area (Å²) in [4.78, 5) is 23.8. The SMILES string of the molecule is COC(=O)c1cccc(COC(=O)c2oc3ccccc3c2C)c1. The molecule has 3 aromatic rings. The first-order valence-corrected chi connectivity index (χ1v) is 7.42. The number of carbonyl (C=O) groups excluding carboxylic acids is 2. The van der Waals surface area contributed by atoms with Crippen molar-refractivity contribution in [3.63, 3.8) is 0 Å². The topological polar surface area (TPSA) is 65.7 Å². The molecular weight excluding hydrogens is 308 g/mol. The minimum Gasteiger partial charge on any atom is -0.465 e. The quantitative estimate of drug-likeness (QED) is 0.681. The number of rotatable bonds is 4. The second kappa shape index (κ2) is 6.58. The summed E-state index contributed by atoms with van der Waals surface area (Å²) in [5.41, 5.74) is 2.50. The number of ether oxygens (including phenoxy) is 2. The standard InChI is InChI=1S/C19H16O5/c1-12-15-8-3-4-9-16(15)24-17(12)19(21)23-11-13-6-5-7-14(10-13)18(20)22-2/h3-10H,11H2,1-2H3. The lowest BCUT2D eigenvalue weighted by Gasteiger charge is -2.05. The summed E-state index contributed by atoms with van der Waals surface area (Å²) in [7, 11) is 1.32. The summed E-state index contributed by atoms with van der Waals surface area (Å²) in [5, 5.41) is 0.886. The number of benzene rings is 2. The summed E-state index contributed by atoms with van der Waals surface area (Å²) in [6, 6.07) is 14.2. The van der Waals surface area contributed by atoms with Crippen LogP contribution in [-0.2, 0) is 16.1 Å². The molecule has 0 N–H and O–H groups in total. The molecule has 0 saturated carbocycles. The van der Waals surface area contributed by atoms with Crippen molar-refractivity contribution in [1.82, 2.24) is 0 Å². The van der Waals surface area contributed by atoms with Gasteiger partial charge in [-0.05, 0) is 30.7 Å². The van der Waals surface area contributed by atoms with Crippen LogP contribution < -0.4 is 0 Å². The molecule has 3 rings (SSSR count). The predicted molar refractivity (Wildman–Crippen MR) is 87.9 cm³/mol. The maximum Gasteiger partial charge on any atom is 0.374 e. The van der Waals surface area contributed by atoms with Crippen molar-refractivity contribution in [2.45, 2.75) is 13.5 Å². The first-order valence-electron chi connectivity index (χ1n) is 7.42. The fraction of sp³-hybridized carbons (Fsp3) is 0.158. The van der Waals surface area contributed by atoms with Crippen molar-refractivity contribution < 1.29 is 23.5 Å². The number of furan rings is 1. The number of fused-ring (bicyclic) bond motifs is 1. The molecule has 1 aromatic heterocycles. The van der Waals surface area contributed by atoms with Crippen LogP contribution in [-0.4, -0.2) is 19.0 Å². The fourth-order valence-electron chi connectivity index (χ4n) is 2.49. The zero-order valence-electron chi connectivity index (χ0n) is 13.4. The highest BCUT2D eigenvalue weighted by Crippen LogP contribution is 2.25. The Hall–Kier alpha value is -3.08. The molecule has 0 aliphatic heterocycles. The van der Waals surface area contributed by atoms with Gasteiger partial charge in [0.1, 0.15) is 12.2 Å². The fourth-order valence-corrected chi connectivity index (χ4v) is 2.49. The smallest absolute Gasteiger partial charge is 0.374 e. The molecule has 0 aliphatic carbocycles. The molecule has 0 amide bonds. The number of hydrogen-bond donors (Lipinski definition) is 0. The van der Waals surface area contributed by atoms with Crippen molar-refractivity contribution in [3.8, 4) is 0 Å². The average molecular weight is 324 g/mol. The van der Waals surface area contributed by atoms with E-state index in [2.05, 4.69) is 4.74 Å². The summed E-state index contributed by atoms with van der Waals surface area (Å²) in [5.74, 6) is -0.774. The van der Waals surface area contributed by atoms with Crippen molar-refractivity contribution >= 4 is 22.9 Å². The Morgan fingerprint density at radius 2 is 1.83 bits per heavy atom. The van der Waals surface area contributed by atoms with Crippen LogP contribution in [0.4, 0.5) is 0 Å². The van der Waals surface area contributed by atoms with E-state index in [9.17, 15) is 9.59 Å². The molecule has 0 aliphatic rings. The summed E-state index contributed by atoms with van der Waals surface area (Å²) < 4.78 is 15.6. The minimum atomic E-state index is -0.535. The van der Waals surface area contributed by atoms with Crippen molar-refractivity contribution in [1.29, 1.82) is 0 Å². The molecule has 0 spiro atoms. The third kappa shape index (κ3) is 3.01. The highest BCUT2D eigenvalue weighted by Gasteiger charge is 2.19. The zero-order chi connectivity index (χ0) is 17.1. The van der Waals surface area contributed by atoms with Crippen molar-refractivity contribution in [2.24, 2.45) is 0 Å². The summed E-state index contributed by atoms with van der Waals surface area (Å²) in [6.07, 6.45) is 0. The van der Waals surface area contributed by atoms with Crippen molar-refractivity contribution in [2.75, 3.05) is 7.11 Å². The van der Waals surface area contributed by atoms with E-state index in [0.29, 0.717) is 16.7 Å². The monoisotopic (exact) mass is 324 g/mol. The van der Waals surface area contributed by atoms with E-state index >= 15 is 0 Å².